The third kappa shape index (κ3) is 3.70. The first-order valence-electron chi connectivity index (χ1n) is 6.53. The van der Waals surface area contributed by atoms with Gasteiger partial charge in [-0.2, -0.15) is 0 Å². The minimum atomic E-state index is -0.199. The maximum Gasteiger partial charge on any atom is 0.322 e. The lowest BCUT2D eigenvalue weighted by molar-refractivity contribution is -0.113. The summed E-state index contributed by atoms with van der Waals surface area (Å²) in [4.78, 5) is 16.9. The fourth-order valence-electron chi connectivity index (χ4n) is 1.70. The highest BCUT2D eigenvalue weighted by molar-refractivity contribution is 8.00. The summed E-state index contributed by atoms with van der Waals surface area (Å²) >= 11 is 1.44. The molecule has 0 aliphatic heterocycles. The molecule has 0 atom stereocenters. The Balaban J connectivity index is 1.57. The summed E-state index contributed by atoms with van der Waals surface area (Å²) < 4.78 is 5.39. The van der Waals surface area contributed by atoms with Crippen LogP contribution in [0.3, 0.4) is 0 Å². The first kappa shape index (κ1) is 14.3. The van der Waals surface area contributed by atoms with Crippen LogP contribution in [-0.4, -0.2) is 26.8 Å². The van der Waals surface area contributed by atoms with Crippen molar-refractivity contribution in [3.8, 4) is 11.5 Å². The highest BCUT2D eigenvalue weighted by Gasteiger charge is 2.11. The quantitative estimate of drug-likeness (QED) is 0.730. The van der Waals surface area contributed by atoms with Crippen LogP contribution in [0, 0.1) is 0 Å². The normalized spacial score (nSPS) is 10.4. The van der Waals surface area contributed by atoms with Crippen LogP contribution < -0.4 is 5.32 Å². The molecule has 1 amide bonds. The van der Waals surface area contributed by atoms with E-state index in [4.69, 9.17) is 4.42 Å². The van der Waals surface area contributed by atoms with Gasteiger partial charge in [0.15, 0.2) is 0 Å². The summed E-state index contributed by atoms with van der Waals surface area (Å²) in [6.07, 6.45) is 3.27. The number of carbonyl (C=O) groups excluding carboxylic acids is 1. The van der Waals surface area contributed by atoms with Crippen LogP contribution in [0.1, 0.15) is 0 Å². The molecule has 0 saturated carbocycles. The van der Waals surface area contributed by atoms with Crippen molar-refractivity contribution in [3.63, 3.8) is 0 Å². The van der Waals surface area contributed by atoms with E-state index in [1.807, 2.05) is 30.3 Å². The van der Waals surface area contributed by atoms with Gasteiger partial charge in [-0.05, 0) is 24.3 Å². The number of anilines is 1. The van der Waals surface area contributed by atoms with E-state index in [-0.39, 0.29) is 17.7 Å². The molecule has 22 heavy (non-hydrogen) atoms. The lowest BCUT2D eigenvalue weighted by Crippen LogP contribution is -2.14. The molecule has 110 valence electrons. The van der Waals surface area contributed by atoms with Crippen molar-refractivity contribution < 1.29 is 9.21 Å². The lowest BCUT2D eigenvalue weighted by Gasteiger charge is -2.00. The van der Waals surface area contributed by atoms with Crippen LogP contribution in [0.2, 0.25) is 0 Å². The van der Waals surface area contributed by atoms with Crippen LogP contribution in [0.4, 0.5) is 6.01 Å². The maximum absolute atomic E-state index is 11.9. The smallest absolute Gasteiger partial charge is 0.322 e. The Morgan fingerprint density at radius 2 is 2.00 bits per heavy atom. The van der Waals surface area contributed by atoms with Gasteiger partial charge in [-0.25, -0.2) is 0 Å². The maximum atomic E-state index is 11.9. The van der Waals surface area contributed by atoms with Crippen molar-refractivity contribution in [3.05, 3.63) is 54.9 Å². The minimum Gasteiger partial charge on any atom is -0.403 e. The predicted molar refractivity (Wildman–Crippen MR) is 83.3 cm³/mol. The number of hydrogen-bond acceptors (Lipinski definition) is 6. The predicted octanol–water partition coefficient (Wildman–Crippen LogP) is 2.86. The molecule has 1 aromatic carbocycles. The molecule has 0 bridgehead atoms. The number of benzene rings is 1. The number of carbonyl (C=O) groups is 1. The van der Waals surface area contributed by atoms with E-state index in [0.29, 0.717) is 11.5 Å². The number of rotatable bonds is 5. The zero-order chi connectivity index (χ0) is 15.2. The van der Waals surface area contributed by atoms with Crippen molar-refractivity contribution >= 4 is 23.7 Å². The van der Waals surface area contributed by atoms with Crippen molar-refractivity contribution in [1.29, 1.82) is 0 Å². The highest BCUT2D eigenvalue weighted by atomic mass is 32.2. The largest absolute Gasteiger partial charge is 0.403 e. The fraction of sp³-hybridized carbons (Fsp3) is 0.0667. The molecule has 7 heteroatoms. The molecule has 0 unspecified atom stereocenters. The molecule has 6 nitrogen and oxygen atoms in total. The molecule has 2 heterocycles. The van der Waals surface area contributed by atoms with E-state index in [9.17, 15) is 4.79 Å². The molecule has 3 rings (SSSR count). The summed E-state index contributed by atoms with van der Waals surface area (Å²) in [7, 11) is 0. The third-order valence-corrected chi connectivity index (χ3v) is 3.70. The standard InChI is InChI=1S/C15H12N4O2S/c20-13(10-22-12-6-2-1-3-7-12)17-15-19-18-14(21-15)11-5-4-8-16-9-11/h1-9H,10H2,(H,17,19,20). The molecule has 0 saturated heterocycles. The summed E-state index contributed by atoms with van der Waals surface area (Å²) in [5.41, 5.74) is 0.703. The molecule has 0 spiro atoms. The van der Waals surface area contributed by atoms with Crippen LogP contribution in [-0.2, 0) is 4.79 Å². The van der Waals surface area contributed by atoms with Gasteiger partial charge in [0.2, 0.25) is 5.91 Å². The molecular weight excluding hydrogens is 300 g/mol. The van der Waals surface area contributed by atoms with Crippen molar-refractivity contribution in [1.82, 2.24) is 15.2 Å². The second kappa shape index (κ2) is 6.86. The summed E-state index contributed by atoms with van der Waals surface area (Å²) in [6.45, 7) is 0. The Bertz CT molecular complexity index is 747. The number of pyridine rings is 1. The molecule has 1 N–H and O–H groups in total. The Morgan fingerprint density at radius 3 is 2.77 bits per heavy atom. The second-order valence-corrected chi connectivity index (χ2v) is 5.35. The van der Waals surface area contributed by atoms with Gasteiger partial charge in [-0.15, -0.1) is 16.9 Å². The monoisotopic (exact) mass is 312 g/mol. The molecule has 0 aliphatic carbocycles. The van der Waals surface area contributed by atoms with Gasteiger partial charge in [0.25, 0.3) is 5.89 Å². The second-order valence-electron chi connectivity index (χ2n) is 4.30. The van der Waals surface area contributed by atoms with E-state index in [1.54, 1.807) is 24.5 Å². The average Bonchev–Trinajstić information content (AvgIpc) is 3.03. The topological polar surface area (TPSA) is 80.9 Å². The third-order valence-electron chi connectivity index (χ3n) is 2.69. The first-order chi connectivity index (χ1) is 10.8. The van der Waals surface area contributed by atoms with E-state index >= 15 is 0 Å². The number of thioether (sulfide) groups is 1. The molecule has 3 aromatic rings. The van der Waals surface area contributed by atoms with E-state index in [1.165, 1.54) is 11.8 Å². The molecule has 0 fully saturated rings. The van der Waals surface area contributed by atoms with E-state index in [2.05, 4.69) is 20.5 Å². The number of amides is 1. The van der Waals surface area contributed by atoms with Crippen molar-refractivity contribution in [2.45, 2.75) is 4.90 Å². The number of hydrogen-bond donors (Lipinski definition) is 1. The lowest BCUT2D eigenvalue weighted by atomic mass is 10.3. The van der Waals surface area contributed by atoms with Crippen LogP contribution >= 0.6 is 11.8 Å². The first-order valence-corrected chi connectivity index (χ1v) is 7.51. The highest BCUT2D eigenvalue weighted by Crippen LogP contribution is 2.20. The van der Waals surface area contributed by atoms with Gasteiger partial charge >= 0.3 is 6.01 Å². The molecular formula is C15H12N4O2S. The van der Waals surface area contributed by atoms with Crippen molar-refractivity contribution in [2.75, 3.05) is 11.1 Å². The zero-order valence-electron chi connectivity index (χ0n) is 11.5. The number of nitrogens with zero attached hydrogens (tertiary/aromatic N) is 3. The number of aromatic nitrogens is 3. The SMILES string of the molecule is O=C(CSc1ccccc1)Nc1nnc(-c2cccnc2)o1. The summed E-state index contributed by atoms with van der Waals surface area (Å²) in [5, 5.41) is 10.3. The molecule has 2 aromatic heterocycles. The minimum absolute atomic E-state index is 0.0810. The number of nitrogens with one attached hydrogen (secondary N) is 1. The Morgan fingerprint density at radius 1 is 1.14 bits per heavy atom. The molecule has 0 radical (unpaired) electrons. The van der Waals surface area contributed by atoms with Crippen LogP contribution in [0.15, 0.2) is 64.2 Å². The Kier molecular flexibility index (Phi) is 4.45. The summed E-state index contributed by atoms with van der Waals surface area (Å²) in [6, 6.07) is 13.3. The van der Waals surface area contributed by atoms with Gasteiger partial charge in [-0.1, -0.05) is 23.3 Å². The fourth-order valence-corrected chi connectivity index (χ4v) is 2.42. The Labute approximate surface area is 131 Å². The average molecular weight is 312 g/mol. The van der Waals surface area contributed by atoms with Gasteiger partial charge in [0.05, 0.1) is 11.3 Å². The van der Waals surface area contributed by atoms with Crippen LogP contribution in [0.5, 0.6) is 0 Å². The van der Waals surface area contributed by atoms with Gasteiger partial charge in [-0.3, -0.25) is 15.1 Å². The van der Waals surface area contributed by atoms with Gasteiger partial charge in [0.1, 0.15) is 0 Å². The Hall–Kier alpha value is -2.67. The van der Waals surface area contributed by atoms with Crippen molar-refractivity contribution in [2.24, 2.45) is 0 Å². The van der Waals surface area contributed by atoms with E-state index < -0.39 is 0 Å². The zero-order valence-corrected chi connectivity index (χ0v) is 12.3. The summed E-state index contributed by atoms with van der Waals surface area (Å²) in [5.74, 6) is 0.392. The molecule has 0 aliphatic rings. The van der Waals surface area contributed by atoms with Crippen LogP contribution in [0.25, 0.3) is 11.5 Å². The van der Waals surface area contributed by atoms with Gasteiger partial charge < -0.3 is 4.42 Å². The van der Waals surface area contributed by atoms with Gasteiger partial charge in [0, 0.05) is 17.3 Å². The van der Waals surface area contributed by atoms with E-state index in [0.717, 1.165) is 4.90 Å².